The van der Waals surface area contributed by atoms with Crippen molar-refractivity contribution in [3.05, 3.63) is 64.7 Å². The Kier molecular flexibility index (Phi) is 5.01. The molecular formula is C17H16ClNO2. The van der Waals surface area contributed by atoms with E-state index < -0.39 is 0 Å². The lowest BCUT2D eigenvalue weighted by Crippen LogP contribution is -2.08. The first-order chi connectivity index (χ1) is 10.1. The standard InChI is InChI=1S/C17H16ClNO2/c1-12-7-9-15(14(18)11-12)19-17(20)10-8-13-5-3-4-6-16(13)21-2/h3-11H,1-2H3,(H,19,20)/b10-8+. The molecule has 1 amide bonds. The number of nitrogens with one attached hydrogen (secondary N) is 1. The molecule has 0 fully saturated rings. The zero-order valence-electron chi connectivity index (χ0n) is 11.9. The summed E-state index contributed by atoms with van der Waals surface area (Å²) in [6.45, 7) is 1.94. The number of benzene rings is 2. The minimum Gasteiger partial charge on any atom is -0.496 e. The number of methoxy groups -OCH3 is 1. The smallest absolute Gasteiger partial charge is 0.248 e. The van der Waals surface area contributed by atoms with Crippen LogP contribution in [0.25, 0.3) is 6.08 Å². The number of anilines is 1. The number of rotatable bonds is 4. The molecule has 0 radical (unpaired) electrons. The SMILES string of the molecule is COc1ccccc1/C=C/C(=O)Nc1ccc(C)cc1Cl. The molecule has 0 aliphatic heterocycles. The molecule has 2 aromatic carbocycles. The fraction of sp³-hybridized carbons (Fsp3) is 0.118. The summed E-state index contributed by atoms with van der Waals surface area (Å²) >= 11 is 6.08. The quantitative estimate of drug-likeness (QED) is 0.855. The van der Waals surface area contributed by atoms with Crippen molar-refractivity contribution in [2.75, 3.05) is 12.4 Å². The van der Waals surface area contributed by atoms with Crippen LogP contribution in [-0.4, -0.2) is 13.0 Å². The molecule has 0 aromatic heterocycles. The van der Waals surface area contributed by atoms with Gasteiger partial charge in [0.25, 0.3) is 0 Å². The zero-order valence-corrected chi connectivity index (χ0v) is 12.6. The van der Waals surface area contributed by atoms with Crippen LogP contribution in [-0.2, 0) is 4.79 Å². The van der Waals surface area contributed by atoms with Crippen molar-refractivity contribution >= 4 is 29.3 Å². The van der Waals surface area contributed by atoms with E-state index in [1.54, 1.807) is 25.3 Å². The van der Waals surface area contributed by atoms with E-state index in [2.05, 4.69) is 5.32 Å². The highest BCUT2D eigenvalue weighted by Gasteiger charge is 2.04. The van der Waals surface area contributed by atoms with Crippen molar-refractivity contribution in [1.29, 1.82) is 0 Å². The topological polar surface area (TPSA) is 38.3 Å². The number of para-hydroxylation sites is 1. The Balaban J connectivity index is 2.09. The van der Waals surface area contributed by atoms with E-state index in [0.717, 1.165) is 16.9 Å². The molecule has 0 aliphatic rings. The monoisotopic (exact) mass is 301 g/mol. The Morgan fingerprint density at radius 2 is 2.00 bits per heavy atom. The van der Waals surface area contributed by atoms with E-state index in [4.69, 9.17) is 16.3 Å². The van der Waals surface area contributed by atoms with Gasteiger partial charge in [-0.15, -0.1) is 0 Å². The minimum atomic E-state index is -0.244. The third kappa shape index (κ3) is 4.10. The van der Waals surface area contributed by atoms with E-state index in [0.29, 0.717) is 10.7 Å². The van der Waals surface area contributed by atoms with E-state index in [-0.39, 0.29) is 5.91 Å². The third-order valence-corrected chi connectivity index (χ3v) is 3.25. The predicted molar refractivity (Wildman–Crippen MR) is 86.8 cm³/mol. The van der Waals surface area contributed by atoms with Crippen LogP contribution in [0.1, 0.15) is 11.1 Å². The second-order valence-electron chi connectivity index (χ2n) is 4.55. The highest BCUT2D eigenvalue weighted by molar-refractivity contribution is 6.33. The third-order valence-electron chi connectivity index (χ3n) is 2.94. The molecule has 0 spiro atoms. The van der Waals surface area contributed by atoms with Gasteiger partial charge in [0, 0.05) is 11.6 Å². The van der Waals surface area contributed by atoms with E-state index in [9.17, 15) is 4.79 Å². The number of aryl methyl sites for hydroxylation is 1. The molecule has 0 aliphatic carbocycles. The number of amides is 1. The molecule has 1 N–H and O–H groups in total. The zero-order chi connectivity index (χ0) is 15.2. The van der Waals surface area contributed by atoms with Crippen molar-refractivity contribution < 1.29 is 9.53 Å². The van der Waals surface area contributed by atoms with Gasteiger partial charge < -0.3 is 10.1 Å². The molecule has 4 heteroatoms. The largest absolute Gasteiger partial charge is 0.496 e. The Morgan fingerprint density at radius 3 is 2.71 bits per heavy atom. The summed E-state index contributed by atoms with van der Waals surface area (Å²) in [7, 11) is 1.60. The summed E-state index contributed by atoms with van der Waals surface area (Å²) in [5.41, 5.74) is 2.48. The molecule has 0 saturated carbocycles. The molecule has 21 heavy (non-hydrogen) atoms. The Labute approximate surface area is 129 Å². The minimum absolute atomic E-state index is 0.244. The molecule has 0 atom stereocenters. The van der Waals surface area contributed by atoms with Gasteiger partial charge in [-0.05, 0) is 36.8 Å². The molecule has 2 aromatic rings. The van der Waals surface area contributed by atoms with Gasteiger partial charge in [-0.2, -0.15) is 0 Å². The van der Waals surface area contributed by atoms with Crippen LogP contribution < -0.4 is 10.1 Å². The van der Waals surface area contributed by atoms with Gasteiger partial charge in [0.15, 0.2) is 0 Å². The lowest BCUT2D eigenvalue weighted by molar-refractivity contribution is -0.111. The Hall–Kier alpha value is -2.26. The van der Waals surface area contributed by atoms with Gasteiger partial charge in [-0.25, -0.2) is 0 Å². The van der Waals surface area contributed by atoms with E-state index >= 15 is 0 Å². The van der Waals surface area contributed by atoms with Crippen molar-refractivity contribution in [2.45, 2.75) is 6.92 Å². The molecule has 108 valence electrons. The molecule has 0 unspecified atom stereocenters. The fourth-order valence-corrected chi connectivity index (χ4v) is 2.15. The lowest BCUT2D eigenvalue weighted by Gasteiger charge is -2.06. The number of hydrogen-bond donors (Lipinski definition) is 1. The van der Waals surface area contributed by atoms with E-state index in [1.165, 1.54) is 6.08 Å². The van der Waals surface area contributed by atoms with Crippen LogP contribution in [0.3, 0.4) is 0 Å². The first-order valence-corrected chi connectivity index (χ1v) is 6.86. The first-order valence-electron chi connectivity index (χ1n) is 6.48. The molecule has 2 rings (SSSR count). The van der Waals surface area contributed by atoms with Gasteiger partial charge >= 0.3 is 0 Å². The van der Waals surface area contributed by atoms with Gasteiger partial charge in [0.05, 0.1) is 17.8 Å². The van der Waals surface area contributed by atoms with Crippen LogP contribution in [0.2, 0.25) is 5.02 Å². The highest BCUT2D eigenvalue weighted by Crippen LogP contribution is 2.23. The van der Waals surface area contributed by atoms with E-state index in [1.807, 2.05) is 37.3 Å². The van der Waals surface area contributed by atoms with Crippen LogP contribution in [0.4, 0.5) is 5.69 Å². The summed E-state index contributed by atoms with van der Waals surface area (Å²) in [5.74, 6) is 0.474. The summed E-state index contributed by atoms with van der Waals surface area (Å²) < 4.78 is 5.22. The average Bonchev–Trinajstić information content (AvgIpc) is 2.48. The number of carbonyl (C=O) groups excluding carboxylic acids is 1. The van der Waals surface area contributed by atoms with Crippen molar-refractivity contribution in [2.24, 2.45) is 0 Å². The lowest BCUT2D eigenvalue weighted by atomic mass is 10.2. The Bertz CT molecular complexity index is 680. The number of halogens is 1. The molecule has 0 bridgehead atoms. The number of hydrogen-bond acceptors (Lipinski definition) is 2. The second kappa shape index (κ2) is 6.95. The molecular weight excluding hydrogens is 286 g/mol. The van der Waals surface area contributed by atoms with Gasteiger partial charge in [0.1, 0.15) is 5.75 Å². The number of ether oxygens (including phenoxy) is 1. The molecule has 3 nitrogen and oxygen atoms in total. The Morgan fingerprint density at radius 1 is 1.24 bits per heavy atom. The van der Waals surface area contributed by atoms with Crippen molar-refractivity contribution in [1.82, 2.24) is 0 Å². The normalized spacial score (nSPS) is 10.6. The average molecular weight is 302 g/mol. The maximum atomic E-state index is 11.9. The van der Waals surface area contributed by atoms with Gasteiger partial charge in [-0.3, -0.25) is 4.79 Å². The summed E-state index contributed by atoms with van der Waals surface area (Å²) in [6, 6.07) is 13.0. The van der Waals surface area contributed by atoms with Crippen LogP contribution >= 0.6 is 11.6 Å². The number of carbonyl (C=O) groups is 1. The summed E-state index contributed by atoms with van der Waals surface area (Å²) in [5, 5.41) is 3.27. The highest BCUT2D eigenvalue weighted by atomic mass is 35.5. The first kappa shape index (κ1) is 15.1. The molecule has 0 heterocycles. The van der Waals surface area contributed by atoms with Crippen molar-refractivity contribution in [3.8, 4) is 5.75 Å². The van der Waals surface area contributed by atoms with Gasteiger partial charge in [-0.1, -0.05) is 35.9 Å². The maximum absolute atomic E-state index is 11.9. The molecule has 0 saturated heterocycles. The summed E-state index contributed by atoms with van der Waals surface area (Å²) in [4.78, 5) is 11.9. The fourth-order valence-electron chi connectivity index (χ4n) is 1.87. The van der Waals surface area contributed by atoms with Crippen LogP contribution in [0.5, 0.6) is 5.75 Å². The summed E-state index contributed by atoms with van der Waals surface area (Å²) in [6.07, 6.45) is 3.16. The van der Waals surface area contributed by atoms with Crippen LogP contribution in [0.15, 0.2) is 48.5 Å². The maximum Gasteiger partial charge on any atom is 0.248 e. The van der Waals surface area contributed by atoms with Crippen LogP contribution in [0, 0.1) is 6.92 Å². The predicted octanol–water partition coefficient (Wildman–Crippen LogP) is 4.31. The van der Waals surface area contributed by atoms with Gasteiger partial charge in [0.2, 0.25) is 5.91 Å². The second-order valence-corrected chi connectivity index (χ2v) is 4.96. The van der Waals surface area contributed by atoms with Crippen molar-refractivity contribution in [3.63, 3.8) is 0 Å².